The minimum Gasteiger partial charge on any atom is -0.485 e. The molecule has 1 aromatic heterocycles. The van der Waals surface area contributed by atoms with Gasteiger partial charge in [-0.3, -0.25) is 4.79 Å². The van der Waals surface area contributed by atoms with Gasteiger partial charge in [0.05, 0.1) is 11.6 Å². The number of halogens is 4. The van der Waals surface area contributed by atoms with Crippen LogP contribution in [-0.2, 0) is 4.79 Å². The van der Waals surface area contributed by atoms with Crippen LogP contribution < -0.4 is 9.64 Å². The molecule has 126 valence electrons. The van der Waals surface area contributed by atoms with Crippen molar-refractivity contribution in [1.29, 1.82) is 0 Å². The SMILES string of the molecule is O=C1CCC(Oc2ccc(F)cc2F)CN1c1c(Cl)ccnc1Cl. The molecule has 1 aliphatic heterocycles. The molecule has 0 aliphatic carbocycles. The van der Waals surface area contributed by atoms with Gasteiger partial charge in [0.1, 0.15) is 17.6 Å². The van der Waals surface area contributed by atoms with Gasteiger partial charge in [0.15, 0.2) is 16.7 Å². The number of carbonyl (C=O) groups is 1. The highest BCUT2D eigenvalue weighted by atomic mass is 35.5. The first kappa shape index (κ1) is 16.9. The highest BCUT2D eigenvalue weighted by Gasteiger charge is 2.31. The molecule has 1 atom stereocenters. The van der Waals surface area contributed by atoms with Crippen molar-refractivity contribution in [2.24, 2.45) is 0 Å². The van der Waals surface area contributed by atoms with Crippen molar-refractivity contribution in [3.8, 4) is 5.75 Å². The Kier molecular flexibility index (Phi) is 4.87. The topological polar surface area (TPSA) is 42.4 Å². The number of hydrogen-bond acceptors (Lipinski definition) is 3. The van der Waals surface area contributed by atoms with E-state index in [-0.39, 0.29) is 34.8 Å². The van der Waals surface area contributed by atoms with E-state index in [1.807, 2.05) is 0 Å². The molecule has 0 N–H and O–H groups in total. The first-order valence-electron chi connectivity index (χ1n) is 7.18. The Labute approximate surface area is 146 Å². The molecular weight excluding hydrogens is 361 g/mol. The van der Waals surface area contributed by atoms with Gasteiger partial charge in [-0.15, -0.1) is 0 Å². The molecule has 8 heteroatoms. The van der Waals surface area contributed by atoms with Crippen LogP contribution in [0.4, 0.5) is 14.5 Å². The molecule has 24 heavy (non-hydrogen) atoms. The number of benzene rings is 1. The largest absolute Gasteiger partial charge is 0.485 e. The van der Waals surface area contributed by atoms with E-state index in [0.29, 0.717) is 12.1 Å². The number of ether oxygens (including phenoxy) is 1. The highest BCUT2D eigenvalue weighted by molar-refractivity contribution is 6.39. The van der Waals surface area contributed by atoms with Crippen LogP contribution in [0.1, 0.15) is 12.8 Å². The van der Waals surface area contributed by atoms with E-state index in [0.717, 1.165) is 12.1 Å². The molecule has 4 nitrogen and oxygen atoms in total. The van der Waals surface area contributed by atoms with Crippen LogP contribution in [0.5, 0.6) is 5.75 Å². The lowest BCUT2D eigenvalue weighted by molar-refractivity contribution is -0.120. The van der Waals surface area contributed by atoms with Crippen LogP contribution in [0, 0.1) is 11.6 Å². The van der Waals surface area contributed by atoms with Crippen molar-refractivity contribution in [1.82, 2.24) is 4.98 Å². The molecule has 0 bridgehead atoms. The third kappa shape index (κ3) is 3.44. The van der Waals surface area contributed by atoms with E-state index in [9.17, 15) is 13.6 Å². The predicted octanol–water partition coefficient (Wildman–Crippen LogP) is 4.24. The average molecular weight is 373 g/mol. The van der Waals surface area contributed by atoms with Crippen LogP contribution >= 0.6 is 23.2 Å². The van der Waals surface area contributed by atoms with Gasteiger partial charge in [0.25, 0.3) is 0 Å². The summed E-state index contributed by atoms with van der Waals surface area (Å²) in [4.78, 5) is 17.5. The van der Waals surface area contributed by atoms with Gasteiger partial charge in [-0.05, 0) is 24.6 Å². The van der Waals surface area contributed by atoms with Gasteiger partial charge >= 0.3 is 0 Å². The highest BCUT2D eigenvalue weighted by Crippen LogP contribution is 2.34. The molecule has 2 aromatic rings. The lowest BCUT2D eigenvalue weighted by Gasteiger charge is -2.33. The Morgan fingerprint density at radius 1 is 1.25 bits per heavy atom. The zero-order chi connectivity index (χ0) is 17.3. The summed E-state index contributed by atoms with van der Waals surface area (Å²) in [6.07, 6.45) is 1.55. The average Bonchev–Trinajstić information content (AvgIpc) is 2.53. The predicted molar refractivity (Wildman–Crippen MR) is 86.6 cm³/mol. The number of carbonyl (C=O) groups excluding carboxylic acids is 1. The van der Waals surface area contributed by atoms with E-state index in [2.05, 4.69) is 4.98 Å². The zero-order valence-electron chi connectivity index (χ0n) is 12.3. The molecule has 0 saturated carbocycles. The van der Waals surface area contributed by atoms with E-state index in [1.165, 1.54) is 23.2 Å². The van der Waals surface area contributed by atoms with Crippen LogP contribution in [0.25, 0.3) is 0 Å². The van der Waals surface area contributed by atoms with E-state index < -0.39 is 17.7 Å². The Morgan fingerprint density at radius 3 is 2.75 bits per heavy atom. The number of anilines is 1. The maximum absolute atomic E-state index is 13.7. The molecule has 1 aliphatic rings. The van der Waals surface area contributed by atoms with Crippen LogP contribution in [0.2, 0.25) is 10.2 Å². The minimum atomic E-state index is -0.795. The quantitative estimate of drug-likeness (QED) is 0.756. The van der Waals surface area contributed by atoms with Crippen molar-refractivity contribution in [2.45, 2.75) is 18.9 Å². The molecule has 1 aromatic carbocycles. The molecule has 3 rings (SSSR count). The summed E-state index contributed by atoms with van der Waals surface area (Å²) in [6.45, 7) is 0.140. The minimum absolute atomic E-state index is 0.0703. The molecule has 0 radical (unpaired) electrons. The van der Waals surface area contributed by atoms with Crippen LogP contribution in [-0.4, -0.2) is 23.5 Å². The molecule has 0 spiro atoms. The Bertz CT molecular complexity index is 768. The summed E-state index contributed by atoms with van der Waals surface area (Å²) in [7, 11) is 0. The second-order valence-corrected chi connectivity index (χ2v) is 6.06. The summed E-state index contributed by atoms with van der Waals surface area (Å²) in [6, 6.07) is 4.60. The fourth-order valence-corrected chi connectivity index (χ4v) is 3.08. The monoisotopic (exact) mass is 372 g/mol. The summed E-state index contributed by atoms with van der Waals surface area (Å²) in [5, 5.41) is 0.390. The Morgan fingerprint density at radius 2 is 2.04 bits per heavy atom. The third-order valence-electron chi connectivity index (χ3n) is 3.66. The van der Waals surface area contributed by atoms with Crippen LogP contribution in [0.3, 0.4) is 0 Å². The fraction of sp³-hybridized carbons (Fsp3) is 0.250. The number of rotatable bonds is 3. The van der Waals surface area contributed by atoms with Crippen LogP contribution in [0.15, 0.2) is 30.5 Å². The zero-order valence-corrected chi connectivity index (χ0v) is 13.8. The third-order valence-corrected chi connectivity index (χ3v) is 4.24. The van der Waals surface area contributed by atoms with Gasteiger partial charge in [-0.25, -0.2) is 13.8 Å². The van der Waals surface area contributed by atoms with E-state index >= 15 is 0 Å². The summed E-state index contributed by atoms with van der Waals surface area (Å²) in [5.41, 5.74) is 0.304. The summed E-state index contributed by atoms with van der Waals surface area (Å²) in [5.74, 6) is -1.73. The maximum atomic E-state index is 13.7. The van der Waals surface area contributed by atoms with Crippen molar-refractivity contribution < 1.29 is 18.3 Å². The normalized spacial score (nSPS) is 17.9. The first-order chi connectivity index (χ1) is 11.5. The summed E-state index contributed by atoms with van der Waals surface area (Å²) >= 11 is 12.2. The number of amides is 1. The summed E-state index contributed by atoms with van der Waals surface area (Å²) < 4.78 is 32.3. The van der Waals surface area contributed by atoms with Crippen molar-refractivity contribution in [2.75, 3.05) is 11.4 Å². The van der Waals surface area contributed by atoms with E-state index in [1.54, 1.807) is 0 Å². The molecule has 1 amide bonds. The van der Waals surface area contributed by atoms with Gasteiger partial charge in [-0.2, -0.15) is 0 Å². The number of aromatic nitrogens is 1. The van der Waals surface area contributed by atoms with Gasteiger partial charge in [0, 0.05) is 18.7 Å². The van der Waals surface area contributed by atoms with Crippen molar-refractivity contribution in [3.05, 3.63) is 52.3 Å². The molecular formula is C16H12Cl2F2N2O2. The number of hydrogen-bond donors (Lipinski definition) is 0. The van der Waals surface area contributed by atoms with E-state index in [4.69, 9.17) is 27.9 Å². The maximum Gasteiger partial charge on any atom is 0.227 e. The second kappa shape index (κ2) is 6.91. The number of nitrogens with zero attached hydrogens (tertiary/aromatic N) is 2. The second-order valence-electron chi connectivity index (χ2n) is 5.29. The number of pyridine rings is 1. The van der Waals surface area contributed by atoms with Gasteiger partial charge < -0.3 is 9.64 Å². The smallest absolute Gasteiger partial charge is 0.227 e. The standard InChI is InChI=1S/C16H12Cl2F2N2O2/c17-11-5-6-21-16(18)15(11)22-8-10(2-4-14(22)23)24-13-3-1-9(19)7-12(13)20/h1,3,5-7,10H,2,4,8H2. The lowest BCUT2D eigenvalue weighted by atomic mass is 10.1. The van der Waals surface area contributed by atoms with Gasteiger partial charge in [0.2, 0.25) is 5.91 Å². The molecule has 2 heterocycles. The number of piperidine rings is 1. The lowest BCUT2D eigenvalue weighted by Crippen LogP contribution is -2.45. The fourth-order valence-electron chi connectivity index (χ4n) is 2.53. The van der Waals surface area contributed by atoms with Crippen molar-refractivity contribution >= 4 is 34.8 Å². The molecule has 1 saturated heterocycles. The Balaban J connectivity index is 1.82. The molecule has 1 fully saturated rings. The molecule has 1 unspecified atom stereocenters. The van der Waals surface area contributed by atoms with Crippen molar-refractivity contribution in [3.63, 3.8) is 0 Å². The Hall–Kier alpha value is -1.92. The first-order valence-corrected chi connectivity index (χ1v) is 7.93. The van der Waals surface area contributed by atoms with Gasteiger partial charge in [-0.1, -0.05) is 23.2 Å².